The SMILES string of the molecule is CCN(Cc1ccncc1)CC(N)C1CCCCC1. The quantitative estimate of drug-likeness (QED) is 0.856. The molecular weight excluding hydrogens is 234 g/mol. The Morgan fingerprint density at radius 2 is 1.95 bits per heavy atom. The molecule has 1 aliphatic carbocycles. The number of aromatic nitrogens is 1. The van der Waals surface area contributed by atoms with Crippen LogP contribution in [0, 0.1) is 5.92 Å². The van der Waals surface area contributed by atoms with Gasteiger partial charge >= 0.3 is 0 Å². The zero-order valence-corrected chi connectivity index (χ0v) is 12.1. The third-order valence-corrected chi connectivity index (χ3v) is 4.33. The van der Waals surface area contributed by atoms with Crippen LogP contribution < -0.4 is 5.73 Å². The molecule has 1 heterocycles. The molecule has 2 rings (SSSR count). The maximum absolute atomic E-state index is 6.42. The third kappa shape index (κ3) is 4.59. The standard InChI is InChI=1S/C16H27N3/c1-2-19(12-14-8-10-18-11-9-14)13-16(17)15-6-4-3-5-7-15/h8-11,15-16H,2-7,12-13,17H2,1H3. The van der Waals surface area contributed by atoms with Crippen LogP contribution in [-0.4, -0.2) is 29.0 Å². The van der Waals surface area contributed by atoms with E-state index in [0.717, 1.165) is 25.6 Å². The minimum Gasteiger partial charge on any atom is -0.326 e. The lowest BCUT2D eigenvalue weighted by Crippen LogP contribution is -2.42. The molecule has 0 aliphatic heterocycles. The lowest BCUT2D eigenvalue weighted by Gasteiger charge is -2.31. The van der Waals surface area contributed by atoms with Gasteiger partial charge in [-0.1, -0.05) is 26.2 Å². The van der Waals surface area contributed by atoms with Gasteiger partial charge in [-0.3, -0.25) is 9.88 Å². The van der Waals surface area contributed by atoms with Gasteiger partial charge in [0.15, 0.2) is 0 Å². The molecule has 3 nitrogen and oxygen atoms in total. The summed E-state index contributed by atoms with van der Waals surface area (Å²) >= 11 is 0. The van der Waals surface area contributed by atoms with Crippen LogP contribution in [0.25, 0.3) is 0 Å². The summed E-state index contributed by atoms with van der Waals surface area (Å²) in [5.74, 6) is 0.736. The van der Waals surface area contributed by atoms with Crippen molar-refractivity contribution in [2.45, 2.75) is 51.6 Å². The Kier molecular flexibility index (Phi) is 5.80. The number of hydrogen-bond acceptors (Lipinski definition) is 3. The van der Waals surface area contributed by atoms with E-state index in [4.69, 9.17) is 5.73 Å². The van der Waals surface area contributed by atoms with Gasteiger partial charge < -0.3 is 5.73 Å². The molecule has 1 atom stereocenters. The molecule has 0 amide bonds. The number of nitrogens with two attached hydrogens (primary N) is 1. The van der Waals surface area contributed by atoms with Crippen molar-refractivity contribution in [3.8, 4) is 0 Å². The molecule has 0 spiro atoms. The summed E-state index contributed by atoms with van der Waals surface area (Å²) < 4.78 is 0. The molecule has 0 radical (unpaired) electrons. The van der Waals surface area contributed by atoms with E-state index in [9.17, 15) is 0 Å². The van der Waals surface area contributed by atoms with E-state index >= 15 is 0 Å². The van der Waals surface area contributed by atoms with Crippen molar-refractivity contribution < 1.29 is 0 Å². The van der Waals surface area contributed by atoms with Crippen LogP contribution >= 0.6 is 0 Å². The summed E-state index contributed by atoms with van der Waals surface area (Å²) in [4.78, 5) is 6.52. The first kappa shape index (κ1) is 14.5. The maximum atomic E-state index is 6.42. The second kappa shape index (κ2) is 7.61. The van der Waals surface area contributed by atoms with Crippen molar-refractivity contribution in [2.24, 2.45) is 11.7 Å². The van der Waals surface area contributed by atoms with Crippen molar-refractivity contribution in [2.75, 3.05) is 13.1 Å². The summed E-state index contributed by atoms with van der Waals surface area (Å²) in [6.45, 7) is 5.28. The molecule has 19 heavy (non-hydrogen) atoms. The van der Waals surface area contributed by atoms with E-state index in [1.165, 1.54) is 37.7 Å². The van der Waals surface area contributed by atoms with Gasteiger partial charge in [0, 0.05) is 31.5 Å². The molecule has 1 aliphatic rings. The van der Waals surface area contributed by atoms with Gasteiger partial charge in [0.1, 0.15) is 0 Å². The second-order valence-electron chi connectivity index (χ2n) is 5.75. The number of rotatable bonds is 6. The van der Waals surface area contributed by atoms with E-state index in [-0.39, 0.29) is 0 Å². The first-order valence-electron chi connectivity index (χ1n) is 7.66. The number of nitrogens with zero attached hydrogens (tertiary/aromatic N) is 2. The average molecular weight is 261 g/mol. The lowest BCUT2D eigenvalue weighted by atomic mass is 9.84. The van der Waals surface area contributed by atoms with Gasteiger partial charge in [0.25, 0.3) is 0 Å². The molecule has 0 bridgehead atoms. The number of likely N-dealkylation sites (N-methyl/N-ethyl adjacent to an activating group) is 1. The topological polar surface area (TPSA) is 42.2 Å². The van der Waals surface area contributed by atoms with Gasteiger partial charge in [-0.25, -0.2) is 0 Å². The van der Waals surface area contributed by atoms with Crippen molar-refractivity contribution in [1.82, 2.24) is 9.88 Å². The van der Waals surface area contributed by atoms with Crippen LogP contribution in [0.5, 0.6) is 0 Å². The molecule has 1 fully saturated rings. The van der Waals surface area contributed by atoms with E-state index in [1.54, 1.807) is 0 Å². The van der Waals surface area contributed by atoms with Crippen LogP contribution in [0.4, 0.5) is 0 Å². The van der Waals surface area contributed by atoms with Crippen LogP contribution in [0.2, 0.25) is 0 Å². The van der Waals surface area contributed by atoms with E-state index in [1.807, 2.05) is 12.4 Å². The molecular formula is C16H27N3. The van der Waals surface area contributed by atoms with Gasteiger partial charge in [-0.2, -0.15) is 0 Å². The van der Waals surface area contributed by atoms with Crippen molar-refractivity contribution in [3.05, 3.63) is 30.1 Å². The van der Waals surface area contributed by atoms with Crippen molar-refractivity contribution in [3.63, 3.8) is 0 Å². The fourth-order valence-electron chi connectivity index (χ4n) is 3.06. The lowest BCUT2D eigenvalue weighted by molar-refractivity contribution is 0.207. The van der Waals surface area contributed by atoms with Crippen molar-refractivity contribution >= 4 is 0 Å². The second-order valence-corrected chi connectivity index (χ2v) is 5.75. The number of pyridine rings is 1. The Hall–Kier alpha value is -0.930. The zero-order valence-electron chi connectivity index (χ0n) is 12.1. The Morgan fingerprint density at radius 1 is 1.26 bits per heavy atom. The van der Waals surface area contributed by atoms with E-state index in [2.05, 4.69) is 28.9 Å². The summed E-state index contributed by atoms with van der Waals surface area (Å²) in [5.41, 5.74) is 7.75. The summed E-state index contributed by atoms with van der Waals surface area (Å²) in [7, 11) is 0. The molecule has 1 aromatic rings. The van der Waals surface area contributed by atoms with Gasteiger partial charge in [-0.05, 0) is 43.0 Å². The van der Waals surface area contributed by atoms with E-state index < -0.39 is 0 Å². The maximum Gasteiger partial charge on any atom is 0.0271 e. The largest absolute Gasteiger partial charge is 0.326 e. The Bertz CT molecular complexity index is 346. The van der Waals surface area contributed by atoms with Gasteiger partial charge in [-0.15, -0.1) is 0 Å². The molecule has 106 valence electrons. The van der Waals surface area contributed by atoms with Crippen LogP contribution in [-0.2, 0) is 6.54 Å². The highest BCUT2D eigenvalue weighted by atomic mass is 15.1. The molecule has 1 aromatic heterocycles. The Morgan fingerprint density at radius 3 is 2.58 bits per heavy atom. The normalized spacial score (nSPS) is 18.7. The zero-order chi connectivity index (χ0) is 13.5. The van der Waals surface area contributed by atoms with E-state index in [0.29, 0.717) is 6.04 Å². The third-order valence-electron chi connectivity index (χ3n) is 4.33. The molecule has 0 aromatic carbocycles. The highest BCUT2D eigenvalue weighted by Crippen LogP contribution is 2.26. The number of hydrogen-bond donors (Lipinski definition) is 1. The molecule has 3 heteroatoms. The predicted molar refractivity (Wildman–Crippen MR) is 79.7 cm³/mol. The van der Waals surface area contributed by atoms with Gasteiger partial charge in [0.05, 0.1) is 0 Å². The smallest absolute Gasteiger partial charge is 0.0271 e. The van der Waals surface area contributed by atoms with Crippen LogP contribution in [0.1, 0.15) is 44.6 Å². The monoisotopic (exact) mass is 261 g/mol. The highest BCUT2D eigenvalue weighted by Gasteiger charge is 2.22. The fourth-order valence-corrected chi connectivity index (χ4v) is 3.06. The first-order chi connectivity index (χ1) is 9.29. The molecule has 0 saturated heterocycles. The Balaban J connectivity index is 1.84. The summed E-state index contributed by atoms with van der Waals surface area (Å²) in [6, 6.07) is 4.52. The molecule has 2 N–H and O–H groups in total. The first-order valence-corrected chi connectivity index (χ1v) is 7.66. The highest BCUT2D eigenvalue weighted by molar-refractivity contribution is 5.09. The summed E-state index contributed by atoms with van der Waals surface area (Å²) in [5, 5.41) is 0. The minimum absolute atomic E-state index is 0.335. The predicted octanol–water partition coefficient (Wildman–Crippen LogP) is 2.81. The van der Waals surface area contributed by atoms with Crippen LogP contribution in [0.15, 0.2) is 24.5 Å². The Labute approximate surface area is 117 Å². The average Bonchev–Trinajstić information content (AvgIpc) is 2.48. The fraction of sp³-hybridized carbons (Fsp3) is 0.688. The van der Waals surface area contributed by atoms with Crippen molar-refractivity contribution in [1.29, 1.82) is 0 Å². The molecule has 1 saturated carbocycles. The minimum atomic E-state index is 0.335. The van der Waals surface area contributed by atoms with Crippen LogP contribution in [0.3, 0.4) is 0 Å². The van der Waals surface area contributed by atoms with Gasteiger partial charge in [0.2, 0.25) is 0 Å². The molecule has 1 unspecified atom stereocenters. The summed E-state index contributed by atoms with van der Waals surface area (Å²) in [6.07, 6.45) is 10.5.